The van der Waals surface area contributed by atoms with E-state index in [4.69, 9.17) is 0 Å². The van der Waals surface area contributed by atoms with Gasteiger partial charge in [-0.05, 0) is 38.8 Å². The van der Waals surface area contributed by atoms with Crippen molar-refractivity contribution in [1.29, 1.82) is 0 Å². The van der Waals surface area contributed by atoms with Crippen LogP contribution < -0.4 is 10.6 Å². The average molecular weight is 285 g/mol. The van der Waals surface area contributed by atoms with Crippen LogP contribution in [0.4, 0.5) is 4.79 Å². The number of ether oxygens (including phenoxy) is 1. The Balaban J connectivity index is 2.28. The van der Waals surface area contributed by atoms with Crippen LogP contribution in [0.25, 0.3) is 0 Å². The van der Waals surface area contributed by atoms with Crippen molar-refractivity contribution >= 4 is 12.0 Å². The number of imide groups is 1. The van der Waals surface area contributed by atoms with Crippen LogP contribution in [-0.2, 0) is 9.53 Å². The van der Waals surface area contributed by atoms with Gasteiger partial charge in [0, 0.05) is 12.6 Å². The Labute approximate surface area is 121 Å². The summed E-state index contributed by atoms with van der Waals surface area (Å²) in [6.45, 7) is 9.29. The van der Waals surface area contributed by atoms with Crippen molar-refractivity contribution in [3.8, 4) is 0 Å². The van der Waals surface area contributed by atoms with Gasteiger partial charge in [-0.25, -0.2) is 4.79 Å². The lowest BCUT2D eigenvalue weighted by atomic mass is 9.98. The van der Waals surface area contributed by atoms with Gasteiger partial charge in [-0.1, -0.05) is 13.8 Å². The maximum absolute atomic E-state index is 11.7. The number of carbonyl (C=O) groups is 2. The number of rotatable bonds is 6. The predicted molar refractivity (Wildman–Crippen MR) is 77.5 cm³/mol. The third-order valence-electron chi connectivity index (χ3n) is 3.30. The number of carbonyl (C=O) groups excluding carboxylic acids is 2. The van der Waals surface area contributed by atoms with Crippen molar-refractivity contribution < 1.29 is 14.3 Å². The SMILES string of the molecule is CCOC(=O)NC(=O)CN1CCCC(CNC(C)C)C1. The number of likely N-dealkylation sites (tertiary alicyclic amines) is 1. The Bertz CT molecular complexity index is 321. The summed E-state index contributed by atoms with van der Waals surface area (Å²) in [5.41, 5.74) is 0. The fourth-order valence-corrected chi connectivity index (χ4v) is 2.39. The zero-order valence-corrected chi connectivity index (χ0v) is 12.8. The molecule has 116 valence electrons. The van der Waals surface area contributed by atoms with Crippen molar-refractivity contribution in [3.63, 3.8) is 0 Å². The number of hydrogen-bond donors (Lipinski definition) is 2. The Kier molecular flexibility index (Phi) is 7.54. The first-order valence-corrected chi connectivity index (χ1v) is 7.43. The summed E-state index contributed by atoms with van der Waals surface area (Å²) in [5, 5.41) is 5.67. The smallest absolute Gasteiger partial charge is 0.413 e. The topological polar surface area (TPSA) is 70.7 Å². The monoisotopic (exact) mass is 285 g/mol. The average Bonchev–Trinajstić information content (AvgIpc) is 2.36. The molecule has 0 saturated carbocycles. The molecule has 1 aliphatic rings. The van der Waals surface area contributed by atoms with Crippen molar-refractivity contribution in [2.24, 2.45) is 5.92 Å². The first-order valence-electron chi connectivity index (χ1n) is 7.43. The van der Waals surface area contributed by atoms with Crippen molar-refractivity contribution in [2.75, 3.05) is 32.8 Å². The number of amides is 2. The summed E-state index contributed by atoms with van der Waals surface area (Å²) in [4.78, 5) is 25.0. The van der Waals surface area contributed by atoms with Gasteiger partial charge in [-0.2, -0.15) is 0 Å². The summed E-state index contributed by atoms with van der Waals surface area (Å²) in [6, 6.07) is 0.484. The molecule has 1 heterocycles. The van der Waals surface area contributed by atoms with E-state index in [2.05, 4.69) is 34.1 Å². The van der Waals surface area contributed by atoms with Gasteiger partial charge in [0.05, 0.1) is 13.2 Å². The van der Waals surface area contributed by atoms with E-state index >= 15 is 0 Å². The van der Waals surface area contributed by atoms with Crippen molar-refractivity contribution in [2.45, 2.75) is 39.7 Å². The normalized spacial score (nSPS) is 19.9. The summed E-state index contributed by atoms with van der Waals surface area (Å²) in [7, 11) is 0. The quantitative estimate of drug-likeness (QED) is 0.761. The maximum atomic E-state index is 11.7. The number of alkyl carbamates (subject to hydrolysis) is 1. The van der Waals surface area contributed by atoms with Crippen LogP contribution in [0.3, 0.4) is 0 Å². The molecule has 0 bridgehead atoms. The maximum Gasteiger partial charge on any atom is 0.413 e. The molecule has 0 aromatic rings. The van der Waals surface area contributed by atoms with Gasteiger partial charge in [-0.15, -0.1) is 0 Å². The van der Waals surface area contributed by atoms with Crippen LogP contribution in [0.15, 0.2) is 0 Å². The molecule has 0 aromatic carbocycles. The van der Waals surface area contributed by atoms with Crippen LogP contribution in [0.5, 0.6) is 0 Å². The fourth-order valence-electron chi connectivity index (χ4n) is 2.39. The molecule has 0 radical (unpaired) electrons. The van der Waals surface area contributed by atoms with E-state index in [9.17, 15) is 9.59 Å². The van der Waals surface area contributed by atoms with Crippen LogP contribution in [-0.4, -0.2) is 55.7 Å². The lowest BCUT2D eigenvalue weighted by Crippen LogP contribution is -2.46. The van der Waals surface area contributed by atoms with E-state index < -0.39 is 6.09 Å². The minimum absolute atomic E-state index is 0.261. The summed E-state index contributed by atoms with van der Waals surface area (Å²) in [5.74, 6) is 0.280. The van der Waals surface area contributed by atoms with Gasteiger partial charge in [0.25, 0.3) is 0 Å². The third kappa shape index (κ3) is 6.86. The second-order valence-corrected chi connectivity index (χ2v) is 5.57. The molecule has 0 aliphatic carbocycles. The van der Waals surface area contributed by atoms with Crippen molar-refractivity contribution in [3.05, 3.63) is 0 Å². The molecule has 1 rings (SSSR count). The van der Waals surface area contributed by atoms with Gasteiger partial charge in [0.1, 0.15) is 0 Å². The number of nitrogens with zero attached hydrogens (tertiary/aromatic N) is 1. The molecule has 20 heavy (non-hydrogen) atoms. The molecule has 0 aromatic heterocycles. The van der Waals surface area contributed by atoms with Crippen molar-refractivity contribution in [1.82, 2.24) is 15.5 Å². The van der Waals surface area contributed by atoms with Gasteiger partial charge in [0.15, 0.2) is 0 Å². The molecular formula is C14H27N3O3. The summed E-state index contributed by atoms with van der Waals surface area (Å²) >= 11 is 0. The van der Waals surface area contributed by atoms with E-state index in [1.807, 2.05) is 0 Å². The largest absolute Gasteiger partial charge is 0.450 e. The first-order chi connectivity index (χ1) is 9.51. The highest BCUT2D eigenvalue weighted by molar-refractivity contribution is 5.92. The lowest BCUT2D eigenvalue weighted by molar-refractivity contribution is -0.122. The minimum atomic E-state index is -0.660. The third-order valence-corrected chi connectivity index (χ3v) is 3.30. The second kappa shape index (κ2) is 8.92. The molecule has 1 saturated heterocycles. The number of nitrogens with one attached hydrogen (secondary N) is 2. The molecule has 0 spiro atoms. The van der Waals surface area contributed by atoms with Gasteiger partial charge in [-0.3, -0.25) is 15.0 Å². The van der Waals surface area contributed by atoms with Gasteiger partial charge < -0.3 is 10.1 Å². The predicted octanol–water partition coefficient (Wildman–Crippen LogP) is 0.969. The molecular weight excluding hydrogens is 258 g/mol. The second-order valence-electron chi connectivity index (χ2n) is 5.57. The molecule has 2 amide bonds. The summed E-state index contributed by atoms with van der Waals surface area (Å²) in [6.07, 6.45) is 1.62. The molecule has 6 heteroatoms. The highest BCUT2D eigenvalue weighted by Crippen LogP contribution is 2.15. The van der Waals surface area contributed by atoms with E-state index in [0.29, 0.717) is 12.0 Å². The van der Waals surface area contributed by atoms with Gasteiger partial charge >= 0.3 is 6.09 Å². The van der Waals surface area contributed by atoms with E-state index in [0.717, 1.165) is 26.1 Å². The van der Waals surface area contributed by atoms with E-state index in [1.165, 1.54) is 6.42 Å². The van der Waals surface area contributed by atoms with Crippen LogP contribution in [0.2, 0.25) is 0 Å². The zero-order valence-electron chi connectivity index (χ0n) is 12.8. The van der Waals surface area contributed by atoms with Crippen LogP contribution in [0, 0.1) is 5.92 Å². The van der Waals surface area contributed by atoms with E-state index in [-0.39, 0.29) is 19.1 Å². The standard InChI is InChI=1S/C14H27N3O3/c1-4-20-14(19)16-13(18)10-17-7-5-6-12(9-17)8-15-11(2)3/h11-12,15H,4-10H2,1-3H3,(H,16,18,19). The Hall–Kier alpha value is -1.14. The molecule has 1 unspecified atom stereocenters. The Morgan fingerprint density at radius 2 is 2.15 bits per heavy atom. The van der Waals surface area contributed by atoms with Gasteiger partial charge in [0.2, 0.25) is 5.91 Å². The van der Waals surface area contributed by atoms with Crippen LogP contribution >= 0.6 is 0 Å². The van der Waals surface area contributed by atoms with Crippen LogP contribution in [0.1, 0.15) is 33.6 Å². The number of piperidine rings is 1. The molecule has 6 nitrogen and oxygen atoms in total. The summed E-state index contributed by atoms with van der Waals surface area (Å²) < 4.78 is 4.69. The first kappa shape index (κ1) is 16.9. The highest BCUT2D eigenvalue weighted by atomic mass is 16.5. The highest BCUT2D eigenvalue weighted by Gasteiger charge is 2.22. The fraction of sp³-hybridized carbons (Fsp3) is 0.857. The molecule has 1 fully saturated rings. The minimum Gasteiger partial charge on any atom is -0.450 e. The van der Waals surface area contributed by atoms with E-state index in [1.54, 1.807) is 6.92 Å². The zero-order chi connectivity index (χ0) is 15.0. The lowest BCUT2D eigenvalue weighted by Gasteiger charge is -2.32. The number of hydrogen-bond acceptors (Lipinski definition) is 5. The molecule has 1 aliphatic heterocycles. The Morgan fingerprint density at radius 1 is 1.40 bits per heavy atom. The Morgan fingerprint density at radius 3 is 2.80 bits per heavy atom. The molecule has 1 atom stereocenters. The molecule has 2 N–H and O–H groups in total.